The molecule has 120 valence electrons. The Morgan fingerprint density at radius 2 is 2.05 bits per heavy atom. The fourth-order valence-electron chi connectivity index (χ4n) is 2.60. The second-order valence-corrected chi connectivity index (χ2v) is 8.06. The summed E-state index contributed by atoms with van der Waals surface area (Å²) < 4.78 is 41.7. The molecule has 2 aliphatic heterocycles. The molecule has 8 heteroatoms. The Bertz CT molecular complexity index is 676. The van der Waals surface area contributed by atoms with E-state index in [4.69, 9.17) is 4.18 Å². The molecule has 1 aromatic carbocycles. The van der Waals surface area contributed by atoms with Crippen molar-refractivity contribution in [1.29, 1.82) is 0 Å². The molecule has 0 bridgehead atoms. The maximum absolute atomic E-state index is 13.1. The molecule has 0 aliphatic carbocycles. The molecule has 0 spiro atoms. The number of benzene rings is 1. The molecule has 1 fully saturated rings. The lowest BCUT2D eigenvalue weighted by Crippen LogP contribution is -2.38. The Morgan fingerprint density at radius 3 is 2.73 bits per heavy atom. The van der Waals surface area contributed by atoms with Crippen LogP contribution in [0.1, 0.15) is 23.7 Å². The predicted octanol–water partition coefficient (Wildman–Crippen LogP) is 2.37. The summed E-state index contributed by atoms with van der Waals surface area (Å²) in [7, 11) is -3.60. The van der Waals surface area contributed by atoms with Gasteiger partial charge in [-0.3, -0.25) is 4.99 Å². The number of nitrogens with zero attached hydrogens (tertiary/aromatic N) is 2. The number of rotatable bonds is 3. The molecule has 2 atom stereocenters. The fraction of sp³-hybridized carbons (Fsp3) is 0.500. The Labute approximate surface area is 133 Å². The van der Waals surface area contributed by atoms with Gasteiger partial charge in [-0.1, -0.05) is 23.9 Å². The van der Waals surface area contributed by atoms with Crippen molar-refractivity contribution in [3.63, 3.8) is 0 Å². The van der Waals surface area contributed by atoms with E-state index in [1.54, 1.807) is 12.1 Å². The fourth-order valence-corrected chi connectivity index (χ4v) is 4.58. The first-order valence-corrected chi connectivity index (χ1v) is 9.75. The van der Waals surface area contributed by atoms with Gasteiger partial charge in [0.15, 0.2) is 11.4 Å². The molecule has 2 aliphatic rings. The third-order valence-corrected chi connectivity index (χ3v) is 5.45. The molecule has 1 aromatic rings. The van der Waals surface area contributed by atoms with Crippen molar-refractivity contribution >= 4 is 27.0 Å². The average Bonchev–Trinajstić information content (AvgIpc) is 2.63. The van der Waals surface area contributed by atoms with Crippen molar-refractivity contribution < 1.29 is 17.0 Å². The molecular weight excluding hydrogens is 327 g/mol. The monoisotopic (exact) mass is 344 g/mol. The van der Waals surface area contributed by atoms with Crippen molar-refractivity contribution in [3.05, 3.63) is 35.6 Å². The highest BCUT2D eigenvalue weighted by molar-refractivity contribution is 8.14. The summed E-state index contributed by atoms with van der Waals surface area (Å²) in [5.74, 6) is -0.320. The van der Waals surface area contributed by atoms with Crippen LogP contribution >= 0.6 is 11.8 Å². The molecule has 0 amide bonds. The van der Waals surface area contributed by atoms with Crippen molar-refractivity contribution in [1.82, 2.24) is 4.90 Å². The zero-order valence-electron chi connectivity index (χ0n) is 12.1. The molecule has 0 N–H and O–H groups in total. The second-order valence-electron chi connectivity index (χ2n) is 5.35. The van der Waals surface area contributed by atoms with E-state index in [2.05, 4.69) is 4.99 Å². The maximum Gasteiger partial charge on any atom is 0.266 e. The van der Waals surface area contributed by atoms with Crippen LogP contribution in [0, 0.1) is 5.82 Å². The van der Waals surface area contributed by atoms with Crippen LogP contribution in [0.4, 0.5) is 4.39 Å². The SMILES string of the molecule is CS(=O)(=O)OC1C(c2ccc(F)cc2)SC2=NCCCCN21. The van der Waals surface area contributed by atoms with Gasteiger partial charge in [0.25, 0.3) is 10.1 Å². The van der Waals surface area contributed by atoms with Crippen LogP contribution in [0.5, 0.6) is 0 Å². The van der Waals surface area contributed by atoms with Crippen LogP contribution in [-0.4, -0.2) is 44.1 Å². The topological polar surface area (TPSA) is 59.0 Å². The van der Waals surface area contributed by atoms with Gasteiger partial charge in [-0.2, -0.15) is 8.42 Å². The van der Waals surface area contributed by atoms with Gasteiger partial charge in [0, 0.05) is 13.1 Å². The van der Waals surface area contributed by atoms with E-state index in [0.717, 1.165) is 36.4 Å². The minimum absolute atomic E-state index is 0.243. The Balaban J connectivity index is 1.95. The summed E-state index contributed by atoms with van der Waals surface area (Å²) in [6, 6.07) is 6.08. The van der Waals surface area contributed by atoms with Gasteiger partial charge in [0.1, 0.15) is 5.82 Å². The summed E-state index contributed by atoms with van der Waals surface area (Å²) in [6.45, 7) is 1.45. The summed E-state index contributed by atoms with van der Waals surface area (Å²) >= 11 is 1.48. The summed E-state index contributed by atoms with van der Waals surface area (Å²) in [4.78, 5) is 6.42. The predicted molar refractivity (Wildman–Crippen MR) is 84.7 cm³/mol. The number of hydrogen-bond donors (Lipinski definition) is 0. The average molecular weight is 344 g/mol. The number of hydrogen-bond acceptors (Lipinski definition) is 6. The first-order chi connectivity index (χ1) is 10.4. The quantitative estimate of drug-likeness (QED) is 0.788. The summed E-state index contributed by atoms with van der Waals surface area (Å²) in [6.07, 6.45) is 2.33. The van der Waals surface area contributed by atoms with Gasteiger partial charge in [-0.05, 0) is 30.5 Å². The molecule has 22 heavy (non-hydrogen) atoms. The van der Waals surface area contributed by atoms with E-state index < -0.39 is 16.3 Å². The van der Waals surface area contributed by atoms with E-state index in [-0.39, 0.29) is 11.1 Å². The van der Waals surface area contributed by atoms with Crippen LogP contribution in [-0.2, 0) is 14.3 Å². The zero-order valence-corrected chi connectivity index (χ0v) is 13.7. The number of fused-ring (bicyclic) bond motifs is 1. The van der Waals surface area contributed by atoms with Crippen molar-refractivity contribution in [2.24, 2.45) is 4.99 Å². The third kappa shape index (κ3) is 3.44. The lowest BCUT2D eigenvalue weighted by atomic mass is 10.1. The standard InChI is InChI=1S/C14H17FN2O3S2/c1-22(18,19)20-13-12(10-4-6-11(15)7-5-10)21-14-16-8-2-3-9-17(13)14/h4-7,12-13H,2-3,8-9H2,1H3. The first kappa shape index (κ1) is 15.8. The third-order valence-electron chi connectivity index (χ3n) is 3.57. The van der Waals surface area contributed by atoms with Gasteiger partial charge in [-0.25, -0.2) is 8.57 Å². The first-order valence-electron chi connectivity index (χ1n) is 7.05. The molecule has 2 unspecified atom stereocenters. The smallest absolute Gasteiger partial charge is 0.266 e. The van der Waals surface area contributed by atoms with Gasteiger partial charge < -0.3 is 4.90 Å². The lowest BCUT2D eigenvalue weighted by Gasteiger charge is -2.26. The van der Waals surface area contributed by atoms with Crippen LogP contribution in [0.15, 0.2) is 29.3 Å². The highest BCUT2D eigenvalue weighted by atomic mass is 32.2. The van der Waals surface area contributed by atoms with Gasteiger partial charge in [-0.15, -0.1) is 0 Å². The zero-order chi connectivity index (χ0) is 15.7. The largest absolute Gasteiger partial charge is 0.323 e. The molecule has 5 nitrogen and oxygen atoms in total. The minimum atomic E-state index is -3.60. The molecule has 0 radical (unpaired) electrons. The second kappa shape index (κ2) is 6.17. The van der Waals surface area contributed by atoms with Gasteiger partial charge >= 0.3 is 0 Å². The molecule has 3 rings (SSSR count). The van der Waals surface area contributed by atoms with Gasteiger partial charge in [0.05, 0.1) is 11.5 Å². The number of amidine groups is 1. The number of halogens is 1. The molecule has 1 saturated heterocycles. The lowest BCUT2D eigenvalue weighted by molar-refractivity contribution is 0.0920. The Kier molecular flexibility index (Phi) is 4.42. The summed E-state index contributed by atoms with van der Waals surface area (Å²) in [5.41, 5.74) is 0.829. The van der Waals surface area contributed by atoms with Crippen molar-refractivity contribution in [3.8, 4) is 0 Å². The van der Waals surface area contributed by atoms with Crippen molar-refractivity contribution in [2.75, 3.05) is 19.3 Å². The molecular formula is C14H17FN2O3S2. The minimum Gasteiger partial charge on any atom is -0.323 e. The van der Waals surface area contributed by atoms with Gasteiger partial charge in [0.2, 0.25) is 0 Å². The number of aliphatic imine (C=N–C) groups is 1. The van der Waals surface area contributed by atoms with E-state index in [0.29, 0.717) is 6.54 Å². The summed E-state index contributed by atoms with van der Waals surface area (Å²) in [5, 5.41) is 0.563. The van der Waals surface area contributed by atoms with E-state index in [9.17, 15) is 12.8 Å². The van der Waals surface area contributed by atoms with E-state index >= 15 is 0 Å². The highest BCUT2D eigenvalue weighted by Crippen LogP contribution is 2.45. The maximum atomic E-state index is 13.1. The molecule has 2 heterocycles. The van der Waals surface area contributed by atoms with E-state index in [1.165, 1.54) is 23.9 Å². The molecule has 0 aromatic heterocycles. The van der Waals surface area contributed by atoms with Crippen LogP contribution in [0.2, 0.25) is 0 Å². The van der Waals surface area contributed by atoms with Crippen molar-refractivity contribution in [2.45, 2.75) is 24.3 Å². The van der Waals surface area contributed by atoms with E-state index in [1.807, 2.05) is 4.90 Å². The number of thioether (sulfide) groups is 1. The Morgan fingerprint density at radius 1 is 1.32 bits per heavy atom. The van der Waals surface area contributed by atoms with Crippen LogP contribution < -0.4 is 0 Å². The van der Waals surface area contributed by atoms with Crippen LogP contribution in [0.25, 0.3) is 0 Å². The normalized spacial score (nSPS) is 25.5. The molecule has 0 saturated carbocycles. The van der Waals surface area contributed by atoms with Crippen LogP contribution in [0.3, 0.4) is 0 Å². The Hall–Kier alpha value is -1.12. The highest BCUT2D eigenvalue weighted by Gasteiger charge is 2.43.